The standard InChI is InChI=1S/C18H13Cl2N5O3S/c1-2-24-7-11(6-21)16(27)25(18(24)28)8-15(26)23-17-22-14(9-29-17)10-3-4-12(19)13(20)5-10/h3-5,7,9H,2,8H2,1H3,(H,22,23,26). The Bertz CT molecular complexity index is 1260. The first-order valence-corrected chi connectivity index (χ1v) is 9.92. The maximum atomic E-state index is 12.4. The van der Waals surface area contributed by atoms with Crippen LogP contribution in [0.5, 0.6) is 0 Å². The molecule has 11 heteroatoms. The highest BCUT2D eigenvalue weighted by Crippen LogP contribution is 2.30. The number of hydrogen-bond acceptors (Lipinski definition) is 6. The van der Waals surface area contributed by atoms with Crippen molar-refractivity contribution in [2.45, 2.75) is 20.0 Å². The van der Waals surface area contributed by atoms with Crippen molar-refractivity contribution < 1.29 is 4.79 Å². The molecule has 0 aliphatic heterocycles. The maximum Gasteiger partial charge on any atom is 0.331 e. The highest BCUT2D eigenvalue weighted by molar-refractivity contribution is 7.14. The van der Waals surface area contributed by atoms with Crippen LogP contribution < -0.4 is 16.6 Å². The predicted octanol–water partition coefficient (Wildman–Crippen LogP) is 2.97. The molecule has 148 valence electrons. The van der Waals surface area contributed by atoms with Crippen LogP contribution in [-0.2, 0) is 17.9 Å². The minimum atomic E-state index is -0.812. The second-order valence-corrected chi connectivity index (χ2v) is 7.50. The molecule has 3 rings (SSSR count). The number of nitriles is 1. The molecular weight excluding hydrogens is 437 g/mol. The molecule has 0 bridgehead atoms. The van der Waals surface area contributed by atoms with E-state index in [1.807, 2.05) is 0 Å². The average molecular weight is 450 g/mol. The molecule has 0 aliphatic rings. The fourth-order valence-corrected chi connectivity index (χ4v) is 3.55. The highest BCUT2D eigenvalue weighted by Gasteiger charge is 2.15. The molecule has 0 saturated heterocycles. The van der Waals surface area contributed by atoms with Crippen molar-refractivity contribution in [1.29, 1.82) is 5.26 Å². The molecule has 1 N–H and O–H groups in total. The van der Waals surface area contributed by atoms with Gasteiger partial charge in [-0.1, -0.05) is 29.3 Å². The van der Waals surface area contributed by atoms with Gasteiger partial charge < -0.3 is 5.32 Å². The molecule has 0 unspecified atom stereocenters. The van der Waals surface area contributed by atoms with Crippen molar-refractivity contribution in [1.82, 2.24) is 14.1 Å². The number of aromatic nitrogens is 3. The Kier molecular flexibility index (Phi) is 6.17. The number of carbonyl (C=O) groups excluding carboxylic acids is 1. The first-order chi connectivity index (χ1) is 13.8. The molecule has 0 fully saturated rings. The van der Waals surface area contributed by atoms with Crippen LogP contribution in [0.25, 0.3) is 11.3 Å². The van der Waals surface area contributed by atoms with Gasteiger partial charge in [-0.2, -0.15) is 5.26 Å². The van der Waals surface area contributed by atoms with Crippen LogP contribution in [0.1, 0.15) is 12.5 Å². The summed E-state index contributed by atoms with van der Waals surface area (Å²) < 4.78 is 1.92. The summed E-state index contributed by atoms with van der Waals surface area (Å²) in [4.78, 5) is 41.2. The van der Waals surface area contributed by atoms with E-state index in [9.17, 15) is 14.4 Å². The largest absolute Gasteiger partial charge is 0.331 e. The molecule has 29 heavy (non-hydrogen) atoms. The van der Waals surface area contributed by atoms with E-state index in [-0.39, 0.29) is 17.2 Å². The Hall–Kier alpha value is -2.93. The lowest BCUT2D eigenvalue weighted by Gasteiger charge is -2.09. The van der Waals surface area contributed by atoms with Gasteiger partial charge in [-0.15, -0.1) is 11.3 Å². The third-order valence-electron chi connectivity index (χ3n) is 3.97. The third-order valence-corrected chi connectivity index (χ3v) is 5.46. The summed E-state index contributed by atoms with van der Waals surface area (Å²) in [7, 11) is 0. The van der Waals surface area contributed by atoms with Gasteiger partial charge in [0.15, 0.2) is 5.13 Å². The van der Waals surface area contributed by atoms with Crippen LogP contribution in [-0.4, -0.2) is 20.0 Å². The van der Waals surface area contributed by atoms with E-state index in [0.717, 1.165) is 10.1 Å². The van der Waals surface area contributed by atoms with E-state index in [4.69, 9.17) is 28.5 Å². The number of aryl methyl sites for hydroxylation is 1. The summed E-state index contributed by atoms with van der Waals surface area (Å²) in [6.07, 6.45) is 1.18. The monoisotopic (exact) mass is 449 g/mol. The summed E-state index contributed by atoms with van der Waals surface area (Å²) >= 11 is 13.1. The first kappa shape index (κ1) is 20.8. The molecule has 0 atom stereocenters. The lowest BCUT2D eigenvalue weighted by molar-refractivity contribution is -0.116. The van der Waals surface area contributed by atoms with Gasteiger partial charge in [0.1, 0.15) is 18.2 Å². The molecule has 2 heterocycles. The van der Waals surface area contributed by atoms with Gasteiger partial charge in [-0.05, 0) is 19.1 Å². The Morgan fingerprint density at radius 1 is 1.31 bits per heavy atom. The van der Waals surface area contributed by atoms with E-state index in [1.54, 1.807) is 36.6 Å². The van der Waals surface area contributed by atoms with E-state index in [1.165, 1.54) is 22.1 Å². The van der Waals surface area contributed by atoms with Crippen molar-refractivity contribution in [2.24, 2.45) is 0 Å². The number of nitrogens with zero attached hydrogens (tertiary/aromatic N) is 4. The molecule has 0 saturated carbocycles. The van der Waals surface area contributed by atoms with Gasteiger partial charge in [0, 0.05) is 23.7 Å². The Balaban J connectivity index is 1.82. The van der Waals surface area contributed by atoms with Crippen molar-refractivity contribution in [3.05, 3.63) is 66.2 Å². The molecule has 1 amide bonds. The Morgan fingerprint density at radius 2 is 2.07 bits per heavy atom. The number of benzene rings is 1. The van der Waals surface area contributed by atoms with Crippen molar-refractivity contribution in [3.8, 4) is 17.3 Å². The van der Waals surface area contributed by atoms with Crippen molar-refractivity contribution in [2.75, 3.05) is 5.32 Å². The van der Waals surface area contributed by atoms with E-state index < -0.39 is 23.7 Å². The number of hydrogen-bond donors (Lipinski definition) is 1. The van der Waals surface area contributed by atoms with Gasteiger partial charge >= 0.3 is 5.69 Å². The topological polar surface area (TPSA) is 110 Å². The van der Waals surface area contributed by atoms with E-state index in [2.05, 4.69) is 10.3 Å². The third kappa shape index (κ3) is 4.40. The number of carbonyl (C=O) groups is 1. The number of amides is 1. The van der Waals surface area contributed by atoms with Crippen LogP contribution in [0.4, 0.5) is 5.13 Å². The SMILES string of the molecule is CCn1cc(C#N)c(=O)n(CC(=O)Nc2nc(-c3ccc(Cl)c(Cl)c3)cs2)c1=O. The molecule has 8 nitrogen and oxygen atoms in total. The zero-order valence-electron chi connectivity index (χ0n) is 15.0. The highest BCUT2D eigenvalue weighted by atomic mass is 35.5. The summed E-state index contributed by atoms with van der Waals surface area (Å²) in [5, 5.41) is 14.4. The number of rotatable bonds is 5. The fourth-order valence-electron chi connectivity index (χ4n) is 2.52. The van der Waals surface area contributed by atoms with Gasteiger partial charge in [0.05, 0.1) is 15.7 Å². The molecule has 0 spiro atoms. The molecule has 0 radical (unpaired) electrons. The van der Waals surface area contributed by atoms with Crippen molar-refractivity contribution in [3.63, 3.8) is 0 Å². The molecule has 2 aromatic heterocycles. The van der Waals surface area contributed by atoms with Crippen LogP contribution in [0.3, 0.4) is 0 Å². The lowest BCUT2D eigenvalue weighted by Crippen LogP contribution is -2.43. The molecule has 0 aliphatic carbocycles. The average Bonchev–Trinajstić information content (AvgIpc) is 3.16. The van der Waals surface area contributed by atoms with Crippen LogP contribution in [0.15, 0.2) is 39.4 Å². The maximum absolute atomic E-state index is 12.4. The Morgan fingerprint density at radius 3 is 2.72 bits per heavy atom. The van der Waals surface area contributed by atoms with Gasteiger partial charge in [-0.25, -0.2) is 14.3 Å². The van der Waals surface area contributed by atoms with E-state index >= 15 is 0 Å². The minimum absolute atomic E-state index is 0.213. The first-order valence-electron chi connectivity index (χ1n) is 8.29. The van der Waals surface area contributed by atoms with Gasteiger partial charge in [-0.3, -0.25) is 14.2 Å². The summed E-state index contributed by atoms with van der Waals surface area (Å²) in [6.45, 7) is 1.42. The van der Waals surface area contributed by atoms with E-state index in [0.29, 0.717) is 15.7 Å². The predicted molar refractivity (Wildman–Crippen MR) is 112 cm³/mol. The summed E-state index contributed by atoms with van der Waals surface area (Å²) in [5.74, 6) is -0.614. The molecule has 3 aromatic rings. The minimum Gasteiger partial charge on any atom is -0.300 e. The molecule has 1 aromatic carbocycles. The number of thiazole rings is 1. The fraction of sp³-hybridized carbons (Fsp3) is 0.167. The number of anilines is 1. The summed E-state index contributed by atoms with van der Waals surface area (Å²) in [6, 6.07) is 6.78. The second kappa shape index (κ2) is 8.61. The van der Waals surface area contributed by atoms with Crippen LogP contribution >= 0.6 is 34.5 Å². The number of nitrogens with one attached hydrogen (secondary N) is 1. The molecular formula is C18H13Cl2N5O3S. The lowest BCUT2D eigenvalue weighted by atomic mass is 10.2. The van der Waals surface area contributed by atoms with Crippen molar-refractivity contribution >= 4 is 45.6 Å². The van der Waals surface area contributed by atoms with Crippen LogP contribution in [0, 0.1) is 11.3 Å². The van der Waals surface area contributed by atoms with Gasteiger partial charge in [0.25, 0.3) is 5.56 Å². The second-order valence-electron chi connectivity index (χ2n) is 5.83. The van der Waals surface area contributed by atoms with Crippen LogP contribution in [0.2, 0.25) is 10.0 Å². The zero-order valence-corrected chi connectivity index (χ0v) is 17.3. The smallest absolute Gasteiger partial charge is 0.300 e. The van der Waals surface area contributed by atoms with Gasteiger partial charge in [0.2, 0.25) is 5.91 Å². The normalized spacial score (nSPS) is 10.6. The summed E-state index contributed by atoms with van der Waals surface area (Å²) in [5.41, 5.74) is -0.383. The zero-order chi connectivity index (χ0) is 21.1. The Labute approximate surface area is 178 Å². The number of halogens is 2. The quantitative estimate of drug-likeness (QED) is 0.643.